The zero-order valence-corrected chi connectivity index (χ0v) is 36.0. The number of sulfonamides is 2. The standard InChI is InChI=1S/C42H48N10O6S2/c1-41(2,3)35-31(39-43-37(47-51(39)45-35)23-15-19-25(20-16-23)49-59(55,56)27-11-7-8-12-27)29-33(53)30(34(29)54)32-36(42(4,5)6)46-52-40(32)44-38(48-52)24-17-21-26(22-18-24)50-60(57,58)28-13-9-10-14-28/h15-22,27-28,49-50,53H,7-14H2,1-6H3,(H,43,47)/b32-30+. The van der Waals surface area contributed by atoms with E-state index >= 15 is 0 Å². The lowest BCUT2D eigenvalue weighted by molar-refractivity contribution is -0.109. The van der Waals surface area contributed by atoms with Crippen molar-refractivity contribution in [1.29, 1.82) is 0 Å². The van der Waals surface area contributed by atoms with Crippen molar-refractivity contribution in [2.45, 2.75) is 114 Å². The van der Waals surface area contributed by atoms with Crippen LogP contribution in [0, 0.1) is 0 Å². The number of rotatable bonds is 9. The third-order valence-corrected chi connectivity index (χ3v) is 15.4. The molecule has 0 bridgehead atoms. The maximum Gasteiger partial charge on any atom is 0.235 e. The molecule has 2 saturated carbocycles. The van der Waals surface area contributed by atoms with Crippen LogP contribution in [0.1, 0.15) is 110 Å². The number of hydrogen-bond acceptors (Lipinski definition) is 11. The number of anilines is 2. The van der Waals surface area contributed by atoms with Gasteiger partial charge in [0.15, 0.2) is 22.9 Å². The number of aliphatic hydroxyl groups is 1. The number of allylic oxidation sites excluding steroid dienone is 2. The summed E-state index contributed by atoms with van der Waals surface area (Å²) in [6.45, 7) is 11.8. The number of carbonyl (C=O) groups is 1. The van der Waals surface area contributed by atoms with E-state index in [1.54, 1.807) is 48.5 Å². The van der Waals surface area contributed by atoms with E-state index in [0.29, 0.717) is 93.3 Å². The van der Waals surface area contributed by atoms with Crippen LogP contribution in [0.5, 0.6) is 0 Å². The third-order valence-electron chi connectivity index (χ3n) is 11.7. The number of nitrogens with one attached hydrogen (secondary N) is 3. The Hall–Kier alpha value is -5.62. The molecular formula is C42H48N10O6S2. The molecule has 6 aromatic rings. The van der Waals surface area contributed by atoms with Crippen molar-refractivity contribution in [3.05, 3.63) is 76.5 Å². The van der Waals surface area contributed by atoms with Crippen LogP contribution >= 0.6 is 0 Å². The van der Waals surface area contributed by atoms with E-state index in [4.69, 9.17) is 15.2 Å². The molecule has 3 aliphatic rings. The summed E-state index contributed by atoms with van der Waals surface area (Å²) in [5.41, 5.74) is 3.45. The number of Topliss-reactive ketones (excluding diaryl/α,β-unsaturated/α-hetero) is 1. The Morgan fingerprint density at radius 3 is 1.67 bits per heavy atom. The van der Waals surface area contributed by atoms with Crippen molar-refractivity contribution < 1.29 is 26.7 Å². The smallest absolute Gasteiger partial charge is 0.235 e. The van der Waals surface area contributed by atoms with E-state index in [-0.39, 0.29) is 22.2 Å². The molecule has 0 unspecified atom stereocenters. The number of carbonyl (C=O) groups excluding carboxylic acids is 1. The van der Waals surface area contributed by atoms with E-state index < -0.39 is 41.9 Å². The van der Waals surface area contributed by atoms with Gasteiger partial charge in [0, 0.05) is 33.3 Å². The minimum atomic E-state index is -3.50. The fraction of sp³-hybridized carbons (Fsp3) is 0.429. The fourth-order valence-electron chi connectivity index (χ4n) is 8.52. The number of H-pyrrole nitrogens is 1. The van der Waals surface area contributed by atoms with Gasteiger partial charge in [-0.2, -0.15) is 10.2 Å². The van der Waals surface area contributed by atoms with Crippen molar-refractivity contribution >= 4 is 59.6 Å². The van der Waals surface area contributed by atoms with Crippen molar-refractivity contribution in [2.24, 2.45) is 0 Å². The van der Waals surface area contributed by atoms with Gasteiger partial charge in [-0.05, 0) is 74.2 Å². The molecule has 3 aliphatic carbocycles. The summed E-state index contributed by atoms with van der Waals surface area (Å²) in [6, 6.07) is 13.7. The molecule has 0 amide bonds. The number of benzene rings is 2. The fourth-order valence-corrected chi connectivity index (χ4v) is 11.7. The lowest BCUT2D eigenvalue weighted by Gasteiger charge is -2.25. The van der Waals surface area contributed by atoms with Crippen molar-refractivity contribution in [1.82, 2.24) is 39.6 Å². The SMILES string of the molecule is CC(C)(C)c1nn2nc(-c3ccc(NS(=O)(=O)C4CCCC4)cc3)[nH]c2c1C1=C(O)/C(=c2/c(C(C)(C)C)nn3nc(-c4ccc(NS(=O)(=O)C5CCCC5)cc4)nc23)C1=O. The zero-order chi connectivity index (χ0) is 42.5. The molecule has 0 radical (unpaired) electrons. The summed E-state index contributed by atoms with van der Waals surface area (Å²) in [6.07, 6.45) is 6.26. The molecule has 2 aromatic carbocycles. The first-order chi connectivity index (χ1) is 28.3. The van der Waals surface area contributed by atoms with Crippen molar-refractivity contribution in [3.8, 4) is 22.8 Å². The largest absolute Gasteiger partial charge is 0.506 e. The number of ketones is 1. The summed E-state index contributed by atoms with van der Waals surface area (Å²) in [5.74, 6) is 0.122. The van der Waals surface area contributed by atoms with E-state index in [2.05, 4.69) is 24.6 Å². The van der Waals surface area contributed by atoms with Gasteiger partial charge < -0.3 is 10.1 Å². The molecule has 4 N–H and O–H groups in total. The topological polar surface area (TPSA) is 219 Å². The Bertz CT molecular complexity index is 3010. The molecule has 0 saturated heterocycles. The molecular weight excluding hydrogens is 805 g/mol. The quantitative estimate of drug-likeness (QED) is 0.128. The summed E-state index contributed by atoms with van der Waals surface area (Å²) < 4.78 is 59.7. The van der Waals surface area contributed by atoms with Gasteiger partial charge in [-0.15, -0.1) is 19.5 Å². The maximum atomic E-state index is 14.5. The summed E-state index contributed by atoms with van der Waals surface area (Å²) in [7, 11) is -6.99. The van der Waals surface area contributed by atoms with Gasteiger partial charge in [0.2, 0.25) is 25.8 Å². The second kappa shape index (κ2) is 14.0. The highest BCUT2D eigenvalue weighted by atomic mass is 32.2. The normalized spacial score (nSPS) is 18.3. The van der Waals surface area contributed by atoms with Gasteiger partial charge >= 0.3 is 0 Å². The molecule has 4 aromatic heterocycles. The highest BCUT2D eigenvalue weighted by Gasteiger charge is 2.43. The molecule has 60 heavy (non-hydrogen) atoms. The number of hydrogen-bond donors (Lipinski definition) is 4. The lowest BCUT2D eigenvalue weighted by Crippen LogP contribution is -2.32. The van der Waals surface area contributed by atoms with Crippen LogP contribution in [0.2, 0.25) is 0 Å². The van der Waals surface area contributed by atoms with Crippen molar-refractivity contribution in [3.63, 3.8) is 0 Å². The molecule has 9 rings (SSSR count). The molecule has 314 valence electrons. The van der Waals surface area contributed by atoms with Crippen LogP contribution in [0.25, 0.3) is 45.2 Å². The summed E-state index contributed by atoms with van der Waals surface area (Å²) >= 11 is 0. The second-order valence-electron chi connectivity index (χ2n) is 18.2. The molecule has 16 nitrogen and oxygen atoms in total. The second-order valence-corrected chi connectivity index (χ2v) is 22.1. The highest BCUT2D eigenvalue weighted by molar-refractivity contribution is 7.93. The van der Waals surface area contributed by atoms with Gasteiger partial charge in [0.25, 0.3) is 0 Å². The first-order valence-corrected chi connectivity index (χ1v) is 23.4. The average Bonchev–Trinajstić information content (AvgIpc) is 4.02. The Kier molecular flexibility index (Phi) is 9.27. The minimum absolute atomic E-state index is 0.0719. The first-order valence-electron chi connectivity index (χ1n) is 20.3. The highest BCUT2D eigenvalue weighted by Crippen LogP contribution is 2.43. The monoisotopic (exact) mass is 852 g/mol. The Balaban J connectivity index is 1.08. The molecule has 4 heterocycles. The average molecular weight is 853 g/mol. The maximum absolute atomic E-state index is 14.5. The summed E-state index contributed by atoms with van der Waals surface area (Å²) in [4.78, 5) is 22.7. The van der Waals surface area contributed by atoms with Crippen LogP contribution < -0.4 is 14.7 Å². The Morgan fingerprint density at radius 1 is 0.667 bits per heavy atom. The zero-order valence-electron chi connectivity index (χ0n) is 34.4. The van der Waals surface area contributed by atoms with Crippen LogP contribution in [0.4, 0.5) is 11.4 Å². The van der Waals surface area contributed by atoms with Gasteiger partial charge in [-0.1, -0.05) is 67.2 Å². The van der Waals surface area contributed by atoms with E-state index in [9.17, 15) is 26.7 Å². The predicted octanol–water partition coefficient (Wildman–Crippen LogP) is 6.21. The predicted molar refractivity (Wildman–Crippen MR) is 229 cm³/mol. The Labute approximate surface area is 347 Å². The van der Waals surface area contributed by atoms with E-state index in [0.717, 1.165) is 25.7 Å². The minimum Gasteiger partial charge on any atom is -0.506 e. The van der Waals surface area contributed by atoms with E-state index in [1.807, 2.05) is 41.5 Å². The van der Waals surface area contributed by atoms with Crippen molar-refractivity contribution in [2.75, 3.05) is 9.44 Å². The van der Waals surface area contributed by atoms with Crippen LogP contribution in [-0.4, -0.2) is 77.8 Å². The number of aromatic amines is 1. The van der Waals surface area contributed by atoms with E-state index in [1.165, 1.54) is 9.26 Å². The molecule has 2 fully saturated rings. The lowest BCUT2D eigenvalue weighted by atomic mass is 9.77. The number of nitrogens with zero attached hydrogens (tertiary/aromatic N) is 7. The van der Waals surface area contributed by atoms with Gasteiger partial charge in [-0.3, -0.25) is 14.2 Å². The van der Waals surface area contributed by atoms with Gasteiger partial charge in [0.05, 0.1) is 43.8 Å². The van der Waals surface area contributed by atoms with Crippen LogP contribution in [-0.2, 0) is 35.7 Å². The molecule has 0 atom stereocenters. The Morgan fingerprint density at radius 2 is 1.17 bits per heavy atom. The molecule has 0 spiro atoms. The number of aliphatic hydroxyl groups excluding tert-OH is 1. The summed E-state index contributed by atoms with van der Waals surface area (Å²) in [5, 5.41) is 30.5. The number of fused-ring (bicyclic) bond motifs is 2. The van der Waals surface area contributed by atoms with Crippen LogP contribution in [0.3, 0.4) is 0 Å². The van der Waals surface area contributed by atoms with Gasteiger partial charge in [0.1, 0.15) is 5.76 Å². The van der Waals surface area contributed by atoms with Crippen LogP contribution in [0.15, 0.2) is 54.3 Å². The number of aromatic nitrogens is 8. The molecule has 18 heteroatoms. The van der Waals surface area contributed by atoms with Gasteiger partial charge in [-0.25, -0.2) is 21.8 Å². The first kappa shape index (κ1) is 39.8. The third kappa shape index (κ3) is 6.82. The molecule has 0 aliphatic heterocycles.